The van der Waals surface area contributed by atoms with Crippen LogP contribution in [-0.2, 0) is 14.8 Å². The van der Waals surface area contributed by atoms with Gasteiger partial charge in [-0.15, -0.1) is 0 Å². The Hall–Kier alpha value is -1.86. The van der Waals surface area contributed by atoms with E-state index in [4.69, 9.17) is 0 Å². The smallest absolute Gasteiger partial charge is 0.246 e. The van der Waals surface area contributed by atoms with Crippen LogP contribution >= 0.6 is 0 Å². The fraction of sp³-hybridized carbons (Fsp3) is 0.438. The molecule has 1 N–H and O–H groups in total. The quantitative estimate of drug-likeness (QED) is 0.821. The van der Waals surface area contributed by atoms with Crippen molar-refractivity contribution in [2.45, 2.75) is 6.92 Å². The molecular weight excluding hydrogens is 314 g/mol. The van der Waals surface area contributed by atoms with Crippen molar-refractivity contribution in [1.82, 2.24) is 9.80 Å². The van der Waals surface area contributed by atoms with Crippen LogP contribution in [0.25, 0.3) is 6.08 Å². The van der Waals surface area contributed by atoms with Gasteiger partial charge in [-0.05, 0) is 30.3 Å². The maximum absolute atomic E-state index is 12.1. The number of carbonyl (C=O) groups is 1. The normalized spacial score (nSPS) is 16.7. The van der Waals surface area contributed by atoms with Crippen molar-refractivity contribution in [2.75, 3.05) is 43.7 Å². The number of anilines is 1. The number of benzene rings is 1. The minimum absolute atomic E-state index is 0.0130. The Morgan fingerprint density at radius 2 is 1.78 bits per heavy atom. The summed E-state index contributed by atoms with van der Waals surface area (Å²) < 4.78 is 24.7. The highest BCUT2D eigenvalue weighted by Gasteiger charge is 2.18. The summed E-state index contributed by atoms with van der Waals surface area (Å²) in [6, 6.07) is 6.88. The second-order valence-electron chi connectivity index (χ2n) is 5.59. The third-order valence-electron chi connectivity index (χ3n) is 3.76. The number of carbonyl (C=O) groups excluding carboxylic acids is 1. The average molecular weight is 337 g/mol. The fourth-order valence-electron chi connectivity index (χ4n) is 2.43. The zero-order valence-electron chi connectivity index (χ0n) is 13.5. The molecule has 1 aromatic rings. The molecule has 1 fully saturated rings. The number of nitrogens with zero attached hydrogens (tertiary/aromatic N) is 2. The minimum Gasteiger partial charge on any atom is -0.337 e. The molecule has 126 valence electrons. The number of hydrogen-bond donors (Lipinski definition) is 1. The van der Waals surface area contributed by atoms with Crippen molar-refractivity contribution in [2.24, 2.45) is 0 Å². The van der Waals surface area contributed by atoms with Gasteiger partial charge in [-0.25, -0.2) is 8.42 Å². The number of likely N-dealkylation sites (N-methyl/N-ethyl adjacent to an activating group) is 1. The predicted molar refractivity (Wildman–Crippen MR) is 92.6 cm³/mol. The Morgan fingerprint density at radius 3 is 2.30 bits per heavy atom. The molecule has 0 saturated carbocycles. The molecule has 23 heavy (non-hydrogen) atoms. The molecule has 1 aliphatic rings. The van der Waals surface area contributed by atoms with E-state index in [0.717, 1.165) is 44.5 Å². The number of amides is 1. The van der Waals surface area contributed by atoms with Gasteiger partial charge in [-0.2, -0.15) is 0 Å². The molecule has 1 aliphatic heterocycles. The van der Waals surface area contributed by atoms with Crippen molar-refractivity contribution in [1.29, 1.82) is 0 Å². The summed E-state index contributed by atoms with van der Waals surface area (Å²) in [7, 11) is -3.27. The topological polar surface area (TPSA) is 69.7 Å². The highest BCUT2D eigenvalue weighted by Crippen LogP contribution is 2.12. The van der Waals surface area contributed by atoms with E-state index < -0.39 is 10.0 Å². The van der Waals surface area contributed by atoms with E-state index in [1.807, 2.05) is 4.90 Å². The fourth-order valence-corrected chi connectivity index (χ4v) is 3.00. The van der Waals surface area contributed by atoms with Crippen LogP contribution in [0.15, 0.2) is 30.3 Å². The lowest BCUT2D eigenvalue weighted by atomic mass is 10.2. The average Bonchev–Trinajstić information content (AvgIpc) is 2.52. The van der Waals surface area contributed by atoms with Gasteiger partial charge in [0.25, 0.3) is 0 Å². The van der Waals surface area contributed by atoms with Gasteiger partial charge in [0.15, 0.2) is 0 Å². The number of hydrogen-bond acceptors (Lipinski definition) is 4. The zero-order chi connectivity index (χ0) is 16.9. The summed E-state index contributed by atoms with van der Waals surface area (Å²) in [6.07, 6.45) is 4.43. The SMILES string of the molecule is CCN1CCN(C(=O)/C=C/c2ccc(NS(C)(=O)=O)cc2)CC1. The summed E-state index contributed by atoms with van der Waals surface area (Å²) in [4.78, 5) is 16.3. The van der Waals surface area contributed by atoms with E-state index in [2.05, 4.69) is 16.5 Å². The first-order valence-electron chi connectivity index (χ1n) is 7.64. The predicted octanol–water partition coefficient (Wildman–Crippen LogP) is 1.24. The van der Waals surface area contributed by atoms with Crippen molar-refractivity contribution in [3.63, 3.8) is 0 Å². The molecule has 1 saturated heterocycles. The summed E-state index contributed by atoms with van der Waals surface area (Å²) in [5.74, 6) is 0.0130. The number of nitrogens with one attached hydrogen (secondary N) is 1. The Morgan fingerprint density at radius 1 is 1.17 bits per heavy atom. The monoisotopic (exact) mass is 337 g/mol. The van der Waals surface area contributed by atoms with Gasteiger partial charge in [0.05, 0.1) is 6.26 Å². The maximum atomic E-state index is 12.1. The summed E-state index contributed by atoms with van der Waals surface area (Å²) in [6.45, 7) is 6.50. The first-order chi connectivity index (χ1) is 10.9. The number of piperazine rings is 1. The van der Waals surface area contributed by atoms with Gasteiger partial charge in [-0.3, -0.25) is 9.52 Å². The van der Waals surface area contributed by atoms with E-state index in [-0.39, 0.29) is 5.91 Å². The Kier molecular flexibility index (Phi) is 5.79. The van der Waals surface area contributed by atoms with Crippen LogP contribution < -0.4 is 4.72 Å². The van der Waals surface area contributed by atoms with E-state index >= 15 is 0 Å². The molecule has 0 bridgehead atoms. The highest BCUT2D eigenvalue weighted by molar-refractivity contribution is 7.92. The first-order valence-corrected chi connectivity index (χ1v) is 9.54. The molecule has 2 rings (SSSR count). The van der Waals surface area contributed by atoms with Crippen LogP contribution in [-0.4, -0.2) is 63.1 Å². The van der Waals surface area contributed by atoms with Gasteiger partial charge < -0.3 is 9.80 Å². The zero-order valence-corrected chi connectivity index (χ0v) is 14.3. The van der Waals surface area contributed by atoms with Crippen LogP contribution in [0.5, 0.6) is 0 Å². The minimum atomic E-state index is -3.27. The van der Waals surface area contributed by atoms with Crippen LogP contribution in [0.2, 0.25) is 0 Å². The van der Waals surface area contributed by atoms with E-state index in [1.54, 1.807) is 36.4 Å². The van der Waals surface area contributed by atoms with E-state index in [0.29, 0.717) is 5.69 Å². The van der Waals surface area contributed by atoms with Gasteiger partial charge in [0, 0.05) is 37.9 Å². The number of rotatable bonds is 5. The molecular formula is C16H23N3O3S. The lowest BCUT2D eigenvalue weighted by molar-refractivity contribution is -0.127. The van der Waals surface area contributed by atoms with E-state index in [1.165, 1.54) is 0 Å². The third kappa shape index (κ3) is 5.69. The molecule has 0 aliphatic carbocycles. The van der Waals surface area contributed by atoms with Gasteiger partial charge in [0.2, 0.25) is 15.9 Å². The van der Waals surface area contributed by atoms with Crippen molar-refractivity contribution >= 4 is 27.7 Å². The lowest BCUT2D eigenvalue weighted by Crippen LogP contribution is -2.48. The molecule has 0 aromatic heterocycles. The van der Waals surface area contributed by atoms with Gasteiger partial charge in [-0.1, -0.05) is 19.1 Å². The maximum Gasteiger partial charge on any atom is 0.246 e. The second-order valence-corrected chi connectivity index (χ2v) is 7.34. The van der Waals surface area contributed by atoms with Crippen molar-refractivity contribution < 1.29 is 13.2 Å². The highest BCUT2D eigenvalue weighted by atomic mass is 32.2. The molecule has 1 amide bonds. The summed E-state index contributed by atoms with van der Waals surface area (Å²) >= 11 is 0. The standard InChI is InChI=1S/C16H23N3O3S/c1-3-18-10-12-19(13-11-18)16(20)9-6-14-4-7-15(8-5-14)17-23(2,21)22/h4-9,17H,3,10-13H2,1-2H3/b9-6+. The summed E-state index contributed by atoms with van der Waals surface area (Å²) in [5, 5.41) is 0. The van der Waals surface area contributed by atoms with Crippen molar-refractivity contribution in [3.05, 3.63) is 35.9 Å². The Labute approximate surface area is 137 Å². The molecule has 7 heteroatoms. The molecule has 6 nitrogen and oxygen atoms in total. The van der Waals surface area contributed by atoms with E-state index in [9.17, 15) is 13.2 Å². The molecule has 0 unspecified atom stereocenters. The van der Waals surface area contributed by atoms with Gasteiger partial charge in [0.1, 0.15) is 0 Å². The first kappa shape index (κ1) is 17.5. The lowest BCUT2D eigenvalue weighted by Gasteiger charge is -2.33. The third-order valence-corrected chi connectivity index (χ3v) is 4.37. The molecule has 1 heterocycles. The second kappa shape index (κ2) is 7.61. The number of sulfonamides is 1. The Bertz CT molecular complexity index is 660. The Balaban J connectivity index is 1.91. The molecule has 0 atom stereocenters. The van der Waals surface area contributed by atoms with Crippen molar-refractivity contribution in [3.8, 4) is 0 Å². The molecule has 0 radical (unpaired) electrons. The van der Waals surface area contributed by atoms with Crippen LogP contribution in [0, 0.1) is 0 Å². The largest absolute Gasteiger partial charge is 0.337 e. The summed E-state index contributed by atoms with van der Waals surface area (Å²) in [5.41, 5.74) is 1.36. The molecule has 0 spiro atoms. The van der Waals surface area contributed by atoms with Crippen LogP contribution in [0.3, 0.4) is 0 Å². The van der Waals surface area contributed by atoms with Crippen LogP contribution in [0.1, 0.15) is 12.5 Å². The van der Waals surface area contributed by atoms with Crippen LogP contribution in [0.4, 0.5) is 5.69 Å². The van der Waals surface area contributed by atoms with Gasteiger partial charge >= 0.3 is 0 Å². The molecule has 1 aromatic carbocycles.